The minimum absolute atomic E-state index is 0.0535. The van der Waals surface area contributed by atoms with E-state index in [4.69, 9.17) is 9.47 Å². The predicted molar refractivity (Wildman–Crippen MR) is 123 cm³/mol. The van der Waals surface area contributed by atoms with Crippen molar-refractivity contribution in [3.8, 4) is 0 Å². The summed E-state index contributed by atoms with van der Waals surface area (Å²) in [4.78, 5) is 43.0. The summed E-state index contributed by atoms with van der Waals surface area (Å²) in [6.45, 7) is 11.2. The van der Waals surface area contributed by atoms with E-state index in [9.17, 15) is 14.4 Å². The van der Waals surface area contributed by atoms with Crippen molar-refractivity contribution in [1.82, 2.24) is 10.3 Å². The van der Waals surface area contributed by atoms with Gasteiger partial charge in [0.25, 0.3) is 0 Å². The summed E-state index contributed by atoms with van der Waals surface area (Å²) in [5, 5.41) is 2.65. The maximum absolute atomic E-state index is 12.8. The summed E-state index contributed by atoms with van der Waals surface area (Å²) < 4.78 is 10.8. The third-order valence-corrected chi connectivity index (χ3v) is 4.85. The van der Waals surface area contributed by atoms with E-state index >= 15 is 0 Å². The zero-order valence-electron chi connectivity index (χ0n) is 20.2. The van der Waals surface area contributed by atoms with Crippen molar-refractivity contribution in [3.63, 3.8) is 0 Å². The van der Waals surface area contributed by atoms with Gasteiger partial charge in [-0.05, 0) is 72.9 Å². The van der Waals surface area contributed by atoms with Crippen LogP contribution in [0.25, 0.3) is 0 Å². The van der Waals surface area contributed by atoms with Crippen molar-refractivity contribution in [2.45, 2.75) is 97.3 Å². The molecule has 1 aromatic heterocycles. The lowest BCUT2D eigenvalue weighted by atomic mass is 10.1. The first kappa shape index (κ1) is 25.6. The molecule has 1 aliphatic carbocycles. The number of hydrogen-bond acceptors (Lipinski definition) is 6. The number of ether oxygens (including phenoxy) is 2. The van der Waals surface area contributed by atoms with Crippen LogP contribution < -0.4 is 10.2 Å². The highest BCUT2D eigenvalue weighted by Crippen LogP contribution is 2.29. The summed E-state index contributed by atoms with van der Waals surface area (Å²) in [6.07, 6.45) is 5.31. The second-order valence-electron chi connectivity index (χ2n) is 10.1. The molecule has 0 aliphatic heterocycles. The van der Waals surface area contributed by atoms with E-state index in [-0.39, 0.29) is 18.2 Å². The van der Waals surface area contributed by atoms with Gasteiger partial charge in [-0.15, -0.1) is 0 Å². The van der Waals surface area contributed by atoms with Gasteiger partial charge in [-0.3, -0.25) is 9.69 Å². The zero-order valence-corrected chi connectivity index (χ0v) is 20.2. The van der Waals surface area contributed by atoms with Crippen molar-refractivity contribution in [1.29, 1.82) is 0 Å². The number of carbonyl (C=O) groups excluding carboxylic acids is 3. The SMILES string of the molecule is CC(C)(C)OC(=O)NCCCC(=O)c1ccc(N(C(=O)OC(C)(C)C)C2CCCC2)nc1. The van der Waals surface area contributed by atoms with Crippen LogP contribution in [0, 0.1) is 0 Å². The van der Waals surface area contributed by atoms with E-state index in [1.165, 1.54) is 6.20 Å². The molecule has 0 bridgehead atoms. The Morgan fingerprint density at radius 3 is 2.19 bits per heavy atom. The molecule has 1 fully saturated rings. The molecule has 1 saturated carbocycles. The van der Waals surface area contributed by atoms with Crippen LogP contribution in [0.3, 0.4) is 0 Å². The summed E-state index contributed by atoms with van der Waals surface area (Å²) in [5.41, 5.74) is -0.683. The summed E-state index contributed by atoms with van der Waals surface area (Å²) in [7, 11) is 0. The number of anilines is 1. The van der Waals surface area contributed by atoms with Gasteiger partial charge in [0.05, 0.1) is 0 Å². The average molecular weight is 448 g/mol. The van der Waals surface area contributed by atoms with Crippen LogP contribution in [0.15, 0.2) is 18.3 Å². The Bertz CT molecular complexity index is 787. The van der Waals surface area contributed by atoms with Gasteiger partial charge in [0.2, 0.25) is 0 Å². The number of Topliss-reactive ketones (excluding diaryl/α,β-unsaturated/α-hetero) is 1. The molecule has 0 atom stereocenters. The van der Waals surface area contributed by atoms with Crippen molar-refractivity contribution in [2.24, 2.45) is 0 Å². The molecule has 1 heterocycles. The number of carbonyl (C=O) groups is 3. The van der Waals surface area contributed by atoms with Crippen LogP contribution in [0.4, 0.5) is 15.4 Å². The maximum atomic E-state index is 12.8. The Labute approximate surface area is 191 Å². The third-order valence-electron chi connectivity index (χ3n) is 4.85. The fourth-order valence-corrected chi connectivity index (χ4v) is 3.49. The van der Waals surface area contributed by atoms with E-state index in [1.54, 1.807) is 37.8 Å². The number of nitrogens with zero attached hydrogens (tertiary/aromatic N) is 2. The average Bonchev–Trinajstić information content (AvgIpc) is 3.17. The van der Waals surface area contributed by atoms with Crippen LogP contribution in [0.5, 0.6) is 0 Å². The number of aromatic nitrogens is 1. The number of ketones is 1. The lowest BCUT2D eigenvalue weighted by molar-refractivity contribution is 0.0522. The molecule has 2 rings (SSSR count). The molecule has 0 unspecified atom stereocenters. The topological polar surface area (TPSA) is 97.8 Å². The normalized spacial score (nSPS) is 14.7. The van der Waals surface area contributed by atoms with Gasteiger partial charge >= 0.3 is 12.2 Å². The highest BCUT2D eigenvalue weighted by atomic mass is 16.6. The Balaban J connectivity index is 1.95. The van der Waals surface area contributed by atoms with Gasteiger partial charge < -0.3 is 14.8 Å². The molecular formula is C24H37N3O5. The molecule has 8 heteroatoms. The quantitative estimate of drug-likeness (QED) is 0.453. The molecular weight excluding hydrogens is 410 g/mol. The largest absolute Gasteiger partial charge is 0.444 e. The maximum Gasteiger partial charge on any atom is 0.416 e. The van der Waals surface area contributed by atoms with Crippen LogP contribution in [0.2, 0.25) is 0 Å². The van der Waals surface area contributed by atoms with Gasteiger partial charge in [0.15, 0.2) is 5.78 Å². The fraction of sp³-hybridized carbons (Fsp3) is 0.667. The standard InChI is InChI=1S/C24H37N3O5/c1-23(2,3)31-21(29)25-15-9-12-19(28)17-13-14-20(26-16-17)27(18-10-7-8-11-18)22(30)32-24(4,5)6/h13-14,16,18H,7-12,15H2,1-6H3,(H,25,29). The van der Waals surface area contributed by atoms with E-state index < -0.39 is 23.4 Å². The van der Waals surface area contributed by atoms with E-state index in [2.05, 4.69) is 10.3 Å². The molecule has 1 aliphatic rings. The molecule has 1 N–H and O–H groups in total. The van der Waals surface area contributed by atoms with Gasteiger partial charge in [-0.2, -0.15) is 0 Å². The van der Waals surface area contributed by atoms with Gasteiger partial charge in [0, 0.05) is 30.8 Å². The monoisotopic (exact) mass is 447 g/mol. The Kier molecular flexibility index (Phi) is 8.64. The van der Waals surface area contributed by atoms with E-state index in [0.717, 1.165) is 25.7 Å². The van der Waals surface area contributed by atoms with E-state index in [0.29, 0.717) is 24.3 Å². The highest BCUT2D eigenvalue weighted by Gasteiger charge is 2.32. The molecule has 2 amide bonds. The second kappa shape index (κ2) is 10.8. The van der Waals surface area contributed by atoms with Gasteiger partial charge in [0.1, 0.15) is 17.0 Å². The molecule has 32 heavy (non-hydrogen) atoms. The minimum Gasteiger partial charge on any atom is -0.444 e. The number of alkyl carbamates (subject to hydrolysis) is 1. The first-order valence-corrected chi connectivity index (χ1v) is 11.3. The lowest BCUT2D eigenvalue weighted by Crippen LogP contribution is -2.43. The van der Waals surface area contributed by atoms with Crippen molar-refractivity contribution >= 4 is 23.8 Å². The van der Waals surface area contributed by atoms with Crippen molar-refractivity contribution in [2.75, 3.05) is 11.4 Å². The Morgan fingerprint density at radius 1 is 1.03 bits per heavy atom. The molecule has 0 radical (unpaired) electrons. The van der Waals surface area contributed by atoms with Crippen LogP contribution in [0.1, 0.15) is 90.4 Å². The molecule has 1 aromatic rings. The smallest absolute Gasteiger partial charge is 0.416 e. The number of nitrogens with one attached hydrogen (secondary N) is 1. The fourth-order valence-electron chi connectivity index (χ4n) is 3.49. The number of amides is 2. The first-order valence-electron chi connectivity index (χ1n) is 11.3. The Hall–Kier alpha value is -2.64. The molecule has 0 spiro atoms. The number of hydrogen-bond donors (Lipinski definition) is 1. The molecule has 0 saturated heterocycles. The third kappa shape index (κ3) is 8.48. The first-order chi connectivity index (χ1) is 14.9. The van der Waals surface area contributed by atoms with Crippen molar-refractivity contribution in [3.05, 3.63) is 23.9 Å². The lowest BCUT2D eigenvalue weighted by Gasteiger charge is -2.30. The van der Waals surface area contributed by atoms with Crippen LogP contribution in [-0.2, 0) is 9.47 Å². The number of rotatable bonds is 7. The highest BCUT2D eigenvalue weighted by molar-refractivity contribution is 5.96. The minimum atomic E-state index is -0.600. The summed E-state index contributed by atoms with van der Waals surface area (Å²) >= 11 is 0. The summed E-state index contributed by atoms with van der Waals surface area (Å²) in [5.74, 6) is 0.425. The molecule has 178 valence electrons. The van der Waals surface area contributed by atoms with E-state index in [1.807, 2.05) is 20.8 Å². The van der Waals surface area contributed by atoms with Crippen LogP contribution >= 0.6 is 0 Å². The van der Waals surface area contributed by atoms with Crippen molar-refractivity contribution < 1.29 is 23.9 Å². The van der Waals surface area contributed by atoms with Gasteiger partial charge in [-0.1, -0.05) is 12.8 Å². The Morgan fingerprint density at radius 2 is 1.66 bits per heavy atom. The zero-order chi connectivity index (χ0) is 23.9. The molecule has 0 aromatic carbocycles. The van der Waals surface area contributed by atoms with Gasteiger partial charge in [-0.25, -0.2) is 14.6 Å². The second-order valence-corrected chi connectivity index (χ2v) is 10.1. The summed E-state index contributed by atoms with van der Waals surface area (Å²) in [6, 6.07) is 3.45. The molecule has 8 nitrogen and oxygen atoms in total. The number of pyridine rings is 1. The predicted octanol–water partition coefficient (Wildman–Crippen LogP) is 5.25. The van der Waals surface area contributed by atoms with Crippen LogP contribution in [-0.4, -0.2) is 46.7 Å².